The average molecular weight is 312 g/mol. The van der Waals surface area contributed by atoms with E-state index < -0.39 is 0 Å². The first-order valence-corrected chi connectivity index (χ1v) is 7.23. The van der Waals surface area contributed by atoms with Crippen LogP contribution in [0, 0.1) is 0 Å². The third-order valence-electron chi connectivity index (χ3n) is 3.28. The van der Waals surface area contributed by atoms with Crippen molar-refractivity contribution in [1.29, 1.82) is 0 Å². The van der Waals surface area contributed by atoms with Crippen LogP contribution in [0.4, 0.5) is 0 Å². The Kier molecular flexibility index (Phi) is 4.21. The summed E-state index contributed by atoms with van der Waals surface area (Å²) in [4.78, 5) is 11.9. The molecule has 0 saturated carbocycles. The van der Waals surface area contributed by atoms with Crippen LogP contribution in [-0.2, 0) is 11.3 Å². The van der Waals surface area contributed by atoms with Gasteiger partial charge in [0.2, 0.25) is 5.91 Å². The molecule has 0 radical (unpaired) electrons. The van der Waals surface area contributed by atoms with Crippen molar-refractivity contribution in [3.8, 4) is 0 Å². The van der Waals surface area contributed by atoms with Crippen molar-refractivity contribution in [3.05, 3.63) is 77.1 Å². The number of hydrogen-bond acceptors (Lipinski definition) is 2. The molecule has 0 saturated heterocycles. The molecular formula is C17H14ClN3O. The van der Waals surface area contributed by atoms with Crippen molar-refractivity contribution in [2.75, 3.05) is 0 Å². The van der Waals surface area contributed by atoms with Crippen LogP contribution in [0.15, 0.2) is 60.9 Å². The van der Waals surface area contributed by atoms with Crippen LogP contribution in [0.2, 0.25) is 5.02 Å². The molecule has 0 fully saturated rings. The first-order valence-electron chi connectivity index (χ1n) is 6.86. The van der Waals surface area contributed by atoms with Crippen molar-refractivity contribution in [3.63, 3.8) is 0 Å². The summed E-state index contributed by atoms with van der Waals surface area (Å²) in [5.74, 6) is -0.171. The highest BCUT2D eigenvalue weighted by atomic mass is 35.5. The molecule has 5 heteroatoms. The summed E-state index contributed by atoms with van der Waals surface area (Å²) in [5.41, 5.74) is 2.77. The lowest BCUT2D eigenvalue weighted by molar-refractivity contribution is -0.116. The number of benzene rings is 1. The van der Waals surface area contributed by atoms with E-state index in [1.807, 2.05) is 42.6 Å². The standard InChI is InChI=1S/C17H14ClN3O/c18-15-6-2-1-5-13(15)8-9-17(22)19-11-14-12-20-21-10-4-3-7-16(14)21/h1-10,12H,11H2,(H,19,22)/b9-8+. The van der Waals surface area contributed by atoms with Crippen LogP contribution in [0.3, 0.4) is 0 Å². The first kappa shape index (κ1) is 14.4. The van der Waals surface area contributed by atoms with Crippen LogP contribution in [0.25, 0.3) is 11.6 Å². The Morgan fingerprint density at radius 2 is 2.05 bits per heavy atom. The molecule has 0 unspecified atom stereocenters. The van der Waals surface area contributed by atoms with E-state index >= 15 is 0 Å². The van der Waals surface area contributed by atoms with Gasteiger partial charge in [0.15, 0.2) is 0 Å². The highest BCUT2D eigenvalue weighted by molar-refractivity contribution is 6.32. The second-order valence-electron chi connectivity index (χ2n) is 4.77. The van der Waals surface area contributed by atoms with Crippen molar-refractivity contribution < 1.29 is 4.79 Å². The Balaban J connectivity index is 1.64. The van der Waals surface area contributed by atoms with Gasteiger partial charge in [-0.3, -0.25) is 4.79 Å². The summed E-state index contributed by atoms with van der Waals surface area (Å²) < 4.78 is 1.78. The predicted octanol–water partition coefficient (Wildman–Crippen LogP) is 3.32. The van der Waals surface area contributed by atoms with Crippen molar-refractivity contribution in [1.82, 2.24) is 14.9 Å². The number of carbonyl (C=O) groups excluding carboxylic acids is 1. The summed E-state index contributed by atoms with van der Waals surface area (Å²) >= 11 is 6.04. The molecule has 1 amide bonds. The molecule has 0 aliphatic heterocycles. The second kappa shape index (κ2) is 6.45. The van der Waals surface area contributed by atoms with Gasteiger partial charge in [0.05, 0.1) is 11.7 Å². The number of pyridine rings is 1. The Hall–Kier alpha value is -2.59. The fourth-order valence-electron chi connectivity index (χ4n) is 2.14. The van der Waals surface area contributed by atoms with E-state index in [9.17, 15) is 4.79 Å². The normalized spacial score (nSPS) is 11.1. The molecule has 3 aromatic rings. The summed E-state index contributed by atoms with van der Waals surface area (Å²) in [6.07, 6.45) is 6.81. The molecule has 2 aromatic heterocycles. The van der Waals surface area contributed by atoms with Crippen molar-refractivity contribution >= 4 is 29.1 Å². The Bertz CT molecular complexity index is 839. The van der Waals surface area contributed by atoms with Gasteiger partial charge >= 0.3 is 0 Å². The highest BCUT2D eigenvalue weighted by Crippen LogP contribution is 2.16. The summed E-state index contributed by atoms with van der Waals surface area (Å²) in [5, 5.41) is 7.70. The molecule has 0 aliphatic carbocycles. The number of nitrogens with one attached hydrogen (secondary N) is 1. The van der Waals surface area contributed by atoms with Crippen LogP contribution in [-0.4, -0.2) is 15.5 Å². The molecule has 3 rings (SSSR count). The number of fused-ring (bicyclic) bond motifs is 1. The fraction of sp³-hybridized carbons (Fsp3) is 0.0588. The Morgan fingerprint density at radius 1 is 1.23 bits per heavy atom. The van der Waals surface area contributed by atoms with Gasteiger partial charge in [-0.2, -0.15) is 5.10 Å². The van der Waals surface area contributed by atoms with E-state index in [2.05, 4.69) is 10.4 Å². The van der Waals surface area contributed by atoms with E-state index in [0.717, 1.165) is 16.6 Å². The van der Waals surface area contributed by atoms with E-state index in [4.69, 9.17) is 11.6 Å². The zero-order valence-electron chi connectivity index (χ0n) is 11.7. The Labute approximate surface area is 133 Å². The van der Waals surface area contributed by atoms with Crippen LogP contribution >= 0.6 is 11.6 Å². The maximum absolute atomic E-state index is 11.9. The molecular weight excluding hydrogens is 298 g/mol. The summed E-state index contributed by atoms with van der Waals surface area (Å²) in [7, 11) is 0. The molecule has 1 N–H and O–H groups in total. The minimum atomic E-state index is -0.171. The lowest BCUT2D eigenvalue weighted by Crippen LogP contribution is -2.20. The van der Waals surface area contributed by atoms with E-state index in [0.29, 0.717) is 11.6 Å². The molecule has 0 spiro atoms. The highest BCUT2D eigenvalue weighted by Gasteiger charge is 2.04. The van der Waals surface area contributed by atoms with E-state index in [1.165, 1.54) is 6.08 Å². The monoisotopic (exact) mass is 311 g/mol. The van der Waals surface area contributed by atoms with Crippen LogP contribution in [0.5, 0.6) is 0 Å². The minimum absolute atomic E-state index is 0.171. The third-order valence-corrected chi connectivity index (χ3v) is 3.62. The fourth-order valence-corrected chi connectivity index (χ4v) is 2.34. The quantitative estimate of drug-likeness (QED) is 0.751. The van der Waals surface area contributed by atoms with Gasteiger partial charge in [-0.25, -0.2) is 4.52 Å². The first-order chi connectivity index (χ1) is 10.7. The lowest BCUT2D eigenvalue weighted by atomic mass is 10.2. The van der Waals surface area contributed by atoms with Crippen LogP contribution in [0.1, 0.15) is 11.1 Å². The van der Waals surface area contributed by atoms with Gasteiger partial charge in [0, 0.05) is 29.4 Å². The zero-order chi connectivity index (χ0) is 15.4. The van der Waals surface area contributed by atoms with Gasteiger partial charge in [0.25, 0.3) is 0 Å². The molecule has 0 aliphatic rings. The molecule has 22 heavy (non-hydrogen) atoms. The van der Waals surface area contributed by atoms with Crippen molar-refractivity contribution in [2.45, 2.75) is 6.54 Å². The largest absolute Gasteiger partial charge is 0.348 e. The molecule has 1 aromatic carbocycles. The number of hydrogen-bond donors (Lipinski definition) is 1. The van der Waals surface area contributed by atoms with Crippen molar-refractivity contribution in [2.24, 2.45) is 0 Å². The summed E-state index contributed by atoms with van der Waals surface area (Å²) in [6, 6.07) is 13.2. The SMILES string of the molecule is O=C(/C=C/c1ccccc1Cl)NCc1cnn2ccccc12. The topological polar surface area (TPSA) is 46.4 Å². The number of rotatable bonds is 4. The lowest BCUT2D eigenvalue weighted by Gasteiger charge is -2.01. The smallest absolute Gasteiger partial charge is 0.244 e. The van der Waals surface area contributed by atoms with E-state index in [-0.39, 0.29) is 5.91 Å². The van der Waals surface area contributed by atoms with Gasteiger partial charge in [-0.05, 0) is 29.8 Å². The number of carbonyl (C=O) groups is 1. The Morgan fingerprint density at radius 3 is 2.91 bits per heavy atom. The van der Waals surface area contributed by atoms with E-state index in [1.54, 1.807) is 22.9 Å². The molecule has 4 nitrogen and oxygen atoms in total. The maximum Gasteiger partial charge on any atom is 0.244 e. The molecule has 0 atom stereocenters. The average Bonchev–Trinajstić information content (AvgIpc) is 2.95. The number of amides is 1. The third kappa shape index (κ3) is 3.18. The molecule has 0 bridgehead atoms. The van der Waals surface area contributed by atoms with Crippen LogP contribution < -0.4 is 5.32 Å². The molecule has 110 valence electrons. The predicted molar refractivity (Wildman–Crippen MR) is 87.5 cm³/mol. The van der Waals surface area contributed by atoms with Gasteiger partial charge in [-0.15, -0.1) is 0 Å². The second-order valence-corrected chi connectivity index (χ2v) is 5.18. The molecule has 2 heterocycles. The van der Waals surface area contributed by atoms with Gasteiger partial charge in [0.1, 0.15) is 0 Å². The maximum atomic E-state index is 11.9. The minimum Gasteiger partial charge on any atom is -0.348 e. The zero-order valence-corrected chi connectivity index (χ0v) is 12.5. The summed E-state index contributed by atoms with van der Waals surface area (Å²) in [6.45, 7) is 0.430. The van der Waals surface area contributed by atoms with Gasteiger partial charge < -0.3 is 5.32 Å². The number of halogens is 1. The number of aromatic nitrogens is 2. The number of nitrogens with zero attached hydrogens (tertiary/aromatic N) is 2. The van der Waals surface area contributed by atoms with Gasteiger partial charge in [-0.1, -0.05) is 35.9 Å².